The van der Waals surface area contributed by atoms with Crippen LogP contribution < -0.4 is 4.90 Å². The zero-order valence-electron chi connectivity index (χ0n) is 12.2. The van der Waals surface area contributed by atoms with Crippen LogP contribution in [0.1, 0.15) is 18.1 Å². The molecule has 4 heteroatoms. The fourth-order valence-electron chi connectivity index (χ4n) is 2.27. The van der Waals surface area contributed by atoms with Crippen LogP contribution in [0.5, 0.6) is 0 Å². The van der Waals surface area contributed by atoms with E-state index in [-0.39, 0.29) is 11.1 Å². The van der Waals surface area contributed by atoms with Gasteiger partial charge in [0.15, 0.2) is 0 Å². The summed E-state index contributed by atoms with van der Waals surface area (Å²) >= 11 is 0.980. The molecule has 110 valence electrons. The van der Waals surface area contributed by atoms with Crippen LogP contribution in [0.2, 0.25) is 0 Å². The molecule has 1 fully saturated rings. The Morgan fingerprint density at radius 2 is 1.68 bits per heavy atom. The van der Waals surface area contributed by atoms with Crippen molar-refractivity contribution in [2.24, 2.45) is 0 Å². The first-order chi connectivity index (χ1) is 10.7. The fourth-order valence-corrected chi connectivity index (χ4v) is 3.11. The number of hydrogen-bond donors (Lipinski definition) is 0. The Morgan fingerprint density at radius 3 is 2.32 bits per heavy atom. The summed E-state index contributed by atoms with van der Waals surface area (Å²) < 4.78 is 0. The molecule has 2 amide bonds. The van der Waals surface area contributed by atoms with Gasteiger partial charge in [-0.25, -0.2) is 4.90 Å². The average molecular weight is 309 g/mol. The summed E-state index contributed by atoms with van der Waals surface area (Å²) in [6.07, 6.45) is 2.68. The molecule has 1 heterocycles. The quantitative estimate of drug-likeness (QED) is 0.784. The van der Waals surface area contributed by atoms with Gasteiger partial charge in [-0.15, -0.1) is 0 Å². The minimum Gasteiger partial charge on any atom is -0.268 e. The second-order valence-corrected chi connectivity index (χ2v) is 5.94. The highest BCUT2D eigenvalue weighted by Crippen LogP contribution is 2.35. The Morgan fingerprint density at radius 1 is 1.00 bits per heavy atom. The molecule has 2 aromatic carbocycles. The van der Waals surface area contributed by atoms with Crippen LogP contribution in [0.4, 0.5) is 10.5 Å². The van der Waals surface area contributed by atoms with E-state index >= 15 is 0 Å². The Kier molecular flexibility index (Phi) is 4.11. The fraction of sp³-hybridized carbons (Fsp3) is 0.111. The van der Waals surface area contributed by atoms with Crippen LogP contribution in [-0.2, 0) is 11.2 Å². The average Bonchev–Trinajstić information content (AvgIpc) is 2.82. The molecule has 3 nitrogen and oxygen atoms in total. The van der Waals surface area contributed by atoms with Gasteiger partial charge in [0.1, 0.15) is 0 Å². The molecule has 1 aliphatic rings. The number of carbonyl (C=O) groups excluding carboxylic acids is 2. The summed E-state index contributed by atoms with van der Waals surface area (Å²) in [6, 6.07) is 17.1. The van der Waals surface area contributed by atoms with E-state index in [1.807, 2.05) is 54.6 Å². The second kappa shape index (κ2) is 6.20. The molecule has 0 N–H and O–H groups in total. The van der Waals surface area contributed by atoms with Crippen LogP contribution in [0, 0.1) is 0 Å². The van der Waals surface area contributed by atoms with Crippen molar-refractivity contribution >= 4 is 34.7 Å². The Balaban J connectivity index is 1.89. The highest BCUT2D eigenvalue weighted by atomic mass is 32.2. The normalized spacial score (nSPS) is 16.6. The van der Waals surface area contributed by atoms with Gasteiger partial charge in [-0.3, -0.25) is 9.59 Å². The van der Waals surface area contributed by atoms with Gasteiger partial charge in [0, 0.05) is 0 Å². The van der Waals surface area contributed by atoms with Crippen molar-refractivity contribution in [1.82, 2.24) is 0 Å². The molecule has 0 aliphatic carbocycles. The largest absolute Gasteiger partial charge is 0.298 e. The molecule has 1 aliphatic heterocycles. The summed E-state index contributed by atoms with van der Waals surface area (Å²) in [5.41, 5.74) is 2.71. The van der Waals surface area contributed by atoms with Gasteiger partial charge in [-0.1, -0.05) is 49.4 Å². The minimum atomic E-state index is -0.261. The first-order valence-electron chi connectivity index (χ1n) is 7.11. The van der Waals surface area contributed by atoms with E-state index in [9.17, 15) is 9.59 Å². The van der Waals surface area contributed by atoms with Gasteiger partial charge in [0.25, 0.3) is 11.1 Å². The number of carbonyl (C=O) groups is 2. The van der Waals surface area contributed by atoms with Crippen molar-refractivity contribution < 1.29 is 9.59 Å². The van der Waals surface area contributed by atoms with E-state index < -0.39 is 0 Å². The lowest BCUT2D eigenvalue weighted by atomic mass is 10.1. The zero-order chi connectivity index (χ0) is 15.5. The van der Waals surface area contributed by atoms with Crippen molar-refractivity contribution in [2.75, 3.05) is 4.90 Å². The van der Waals surface area contributed by atoms with E-state index in [1.54, 1.807) is 6.08 Å². The highest BCUT2D eigenvalue weighted by molar-refractivity contribution is 8.19. The van der Waals surface area contributed by atoms with Gasteiger partial charge in [-0.05, 0) is 47.5 Å². The molecule has 2 aromatic rings. The van der Waals surface area contributed by atoms with Crippen molar-refractivity contribution in [3.63, 3.8) is 0 Å². The first kappa shape index (κ1) is 14.6. The van der Waals surface area contributed by atoms with Crippen LogP contribution >= 0.6 is 11.8 Å². The maximum Gasteiger partial charge on any atom is 0.298 e. The molecule has 0 unspecified atom stereocenters. The van der Waals surface area contributed by atoms with Crippen LogP contribution in [-0.4, -0.2) is 11.1 Å². The van der Waals surface area contributed by atoms with E-state index in [2.05, 4.69) is 6.92 Å². The number of anilines is 1. The molecule has 0 spiro atoms. The third kappa shape index (κ3) is 2.83. The van der Waals surface area contributed by atoms with Gasteiger partial charge in [0.05, 0.1) is 10.6 Å². The summed E-state index contributed by atoms with van der Waals surface area (Å²) in [6.45, 7) is 2.07. The minimum absolute atomic E-state index is 0.253. The molecule has 0 bridgehead atoms. The number of thioether (sulfide) groups is 1. The first-order valence-corrected chi connectivity index (χ1v) is 7.92. The number of rotatable bonds is 3. The third-order valence-corrected chi connectivity index (χ3v) is 4.36. The molecule has 0 aromatic heterocycles. The third-order valence-electron chi connectivity index (χ3n) is 3.49. The van der Waals surface area contributed by atoms with Gasteiger partial charge >= 0.3 is 0 Å². The maximum absolute atomic E-state index is 12.5. The maximum atomic E-state index is 12.5. The predicted molar refractivity (Wildman–Crippen MR) is 90.7 cm³/mol. The summed E-state index contributed by atoms with van der Waals surface area (Å²) in [4.78, 5) is 26.3. The Hall–Kier alpha value is -2.33. The zero-order valence-corrected chi connectivity index (χ0v) is 13.0. The van der Waals surface area contributed by atoms with Crippen molar-refractivity contribution in [2.45, 2.75) is 13.3 Å². The molecule has 0 atom stereocenters. The van der Waals surface area contributed by atoms with Crippen LogP contribution in [0.3, 0.4) is 0 Å². The molecular formula is C18H15NO2S. The monoisotopic (exact) mass is 309 g/mol. The summed E-state index contributed by atoms with van der Waals surface area (Å²) in [5, 5.41) is -0.253. The number of aryl methyl sites for hydroxylation is 1. The van der Waals surface area contributed by atoms with Gasteiger partial charge in [0.2, 0.25) is 0 Å². The summed E-state index contributed by atoms with van der Waals surface area (Å²) in [5.74, 6) is -0.261. The van der Waals surface area contributed by atoms with Crippen LogP contribution in [0.15, 0.2) is 59.5 Å². The number of hydrogen-bond acceptors (Lipinski definition) is 3. The molecule has 0 saturated carbocycles. The number of amides is 2. The number of benzene rings is 2. The molecule has 0 radical (unpaired) electrons. The number of nitrogens with zero attached hydrogens (tertiary/aromatic N) is 1. The standard InChI is InChI=1S/C18H15NO2S/c1-2-13-8-10-15(11-9-13)19-17(20)16(22-18(19)21)12-14-6-4-3-5-7-14/h3-12H,2H2,1H3/b16-12-. The van der Waals surface area contributed by atoms with Crippen molar-refractivity contribution in [3.05, 3.63) is 70.6 Å². The topological polar surface area (TPSA) is 37.4 Å². The smallest absolute Gasteiger partial charge is 0.268 e. The Labute approximate surface area is 133 Å². The molecular weight excluding hydrogens is 294 g/mol. The highest BCUT2D eigenvalue weighted by Gasteiger charge is 2.36. The van der Waals surface area contributed by atoms with E-state index in [0.29, 0.717) is 10.6 Å². The lowest BCUT2D eigenvalue weighted by Gasteiger charge is -2.12. The van der Waals surface area contributed by atoms with Gasteiger partial charge in [-0.2, -0.15) is 0 Å². The molecule has 3 rings (SSSR count). The predicted octanol–water partition coefficient (Wildman–Crippen LogP) is 4.49. The van der Waals surface area contributed by atoms with Crippen molar-refractivity contribution in [1.29, 1.82) is 0 Å². The van der Waals surface area contributed by atoms with E-state index in [0.717, 1.165) is 23.7 Å². The van der Waals surface area contributed by atoms with Crippen LogP contribution in [0.25, 0.3) is 6.08 Å². The van der Waals surface area contributed by atoms with Crippen molar-refractivity contribution in [3.8, 4) is 0 Å². The molecule has 22 heavy (non-hydrogen) atoms. The lowest BCUT2D eigenvalue weighted by Crippen LogP contribution is -2.27. The SMILES string of the molecule is CCc1ccc(N2C(=O)S/C(=C\c3ccccc3)C2=O)cc1. The summed E-state index contributed by atoms with van der Waals surface area (Å²) in [7, 11) is 0. The van der Waals surface area contributed by atoms with E-state index in [1.165, 1.54) is 10.5 Å². The lowest BCUT2D eigenvalue weighted by molar-refractivity contribution is -0.113. The number of imide groups is 1. The second-order valence-electron chi connectivity index (χ2n) is 4.95. The molecule has 1 saturated heterocycles. The Bertz CT molecular complexity index is 735. The van der Waals surface area contributed by atoms with Gasteiger partial charge < -0.3 is 0 Å². The van der Waals surface area contributed by atoms with E-state index in [4.69, 9.17) is 0 Å².